The van der Waals surface area contributed by atoms with Crippen molar-refractivity contribution in [1.82, 2.24) is 0 Å². The lowest BCUT2D eigenvalue weighted by Gasteiger charge is -2.30. The topological polar surface area (TPSA) is 3.24 Å². The fourth-order valence-corrected chi connectivity index (χ4v) is 10.2. The van der Waals surface area contributed by atoms with Crippen LogP contribution in [0.2, 0.25) is 0 Å². The minimum Gasteiger partial charge on any atom is -0.310 e. The van der Waals surface area contributed by atoms with Gasteiger partial charge in [-0.05, 0) is 129 Å². The van der Waals surface area contributed by atoms with Crippen molar-refractivity contribution in [3.63, 3.8) is 0 Å². The Morgan fingerprint density at radius 3 is 1.24 bits per heavy atom. The zero-order chi connectivity index (χ0) is 39.6. The van der Waals surface area contributed by atoms with Gasteiger partial charge in [-0.1, -0.05) is 182 Å². The standard InChI is InChI=1S/C58H43N/c1-57(43-18-6-3-7-19-43)52-27-15-12-25-48(52)50-36-32-41(38-54(50)57)40-30-34-46(35-31-40)59(45-22-10-5-11-23-45)56-29-17-14-24-47(56)42-33-37-51-49-26-13-16-28-53(49)58(2,55(51)39-42)44-20-8-4-9-21-44/h3-39H,1-2H3. The summed E-state index contributed by atoms with van der Waals surface area (Å²) in [6.45, 7) is 4.78. The Morgan fingerprint density at radius 2 is 0.678 bits per heavy atom. The number of rotatable bonds is 7. The number of fused-ring (bicyclic) bond motifs is 6. The van der Waals surface area contributed by atoms with Gasteiger partial charge in [0.15, 0.2) is 0 Å². The molecule has 2 atom stereocenters. The quantitative estimate of drug-likeness (QED) is 0.157. The van der Waals surface area contributed by atoms with Crippen LogP contribution in [0.15, 0.2) is 224 Å². The maximum absolute atomic E-state index is 2.45. The van der Waals surface area contributed by atoms with Crippen molar-refractivity contribution < 1.29 is 0 Å². The van der Waals surface area contributed by atoms with E-state index in [4.69, 9.17) is 0 Å². The molecule has 59 heavy (non-hydrogen) atoms. The second-order valence-corrected chi connectivity index (χ2v) is 16.3. The molecule has 0 amide bonds. The van der Waals surface area contributed by atoms with Gasteiger partial charge < -0.3 is 4.90 Å². The number of benzene rings is 9. The molecule has 0 aliphatic heterocycles. The molecule has 9 aromatic rings. The van der Waals surface area contributed by atoms with Gasteiger partial charge in [0.2, 0.25) is 0 Å². The molecule has 0 aromatic heterocycles. The van der Waals surface area contributed by atoms with E-state index >= 15 is 0 Å². The highest BCUT2D eigenvalue weighted by Crippen LogP contribution is 2.55. The highest BCUT2D eigenvalue weighted by atomic mass is 15.1. The Labute approximate surface area is 347 Å². The molecular weight excluding hydrogens is 711 g/mol. The van der Waals surface area contributed by atoms with Crippen LogP contribution in [0.4, 0.5) is 17.1 Å². The van der Waals surface area contributed by atoms with Gasteiger partial charge in [0, 0.05) is 27.8 Å². The van der Waals surface area contributed by atoms with Gasteiger partial charge >= 0.3 is 0 Å². The molecule has 0 saturated heterocycles. The average molecular weight is 754 g/mol. The monoisotopic (exact) mass is 753 g/mol. The van der Waals surface area contributed by atoms with E-state index in [2.05, 4.69) is 243 Å². The lowest BCUT2D eigenvalue weighted by atomic mass is 9.74. The van der Waals surface area contributed by atoms with Gasteiger partial charge in [0.25, 0.3) is 0 Å². The van der Waals surface area contributed by atoms with Crippen LogP contribution in [-0.2, 0) is 10.8 Å². The normalized spacial score (nSPS) is 17.1. The van der Waals surface area contributed by atoms with Crippen molar-refractivity contribution in [2.45, 2.75) is 24.7 Å². The molecular formula is C58H43N. The molecule has 0 heterocycles. The number of nitrogens with zero attached hydrogens (tertiary/aromatic N) is 1. The third-order valence-electron chi connectivity index (χ3n) is 13.3. The molecule has 2 unspecified atom stereocenters. The predicted octanol–water partition coefficient (Wildman–Crippen LogP) is 15.2. The summed E-state index contributed by atoms with van der Waals surface area (Å²) in [7, 11) is 0. The third kappa shape index (κ3) is 5.39. The highest BCUT2D eigenvalue weighted by Gasteiger charge is 2.42. The van der Waals surface area contributed by atoms with Gasteiger partial charge in [0.05, 0.1) is 5.69 Å². The molecule has 0 fully saturated rings. The summed E-state index contributed by atoms with van der Waals surface area (Å²) in [5, 5.41) is 0. The summed E-state index contributed by atoms with van der Waals surface area (Å²) in [6, 6.07) is 82.7. The van der Waals surface area contributed by atoms with Crippen molar-refractivity contribution in [3.05, 3.63) is 258 Å². The Morgan fingerprint density at radius 1 is 0.288 bits per heavy atom. The maximum Gasteiger partial charge on any atom is 0.0540 e. The zero-order valence-corrected chi connectivity index (χ0v) is 33.3. The van der Waals surface area contributed by atoms with Crippen LogP contribution in [-0.4, -0.2) is 0 Å². The Hall–Kier alpha value is -7.22. The second kappa shape index (κ2) is 13.7. The molecule has 1 nitrogen and oxygen atoms in total. The van der Waals surface area contributed by atoms with Crippen LogP contribution in [0.1, 0.15) is 47.2 Å². The second-order valence-electron chi connectivity index (χ2n) is 16.3. The summed E-state index contributed by atoms with van der Waals surface area (Å²) in [6.07, 6.45) is 0. The molecule has 2 aliphatic carbocycles. The summed E-state index contributed by atoms with van der Waals surface area (Å²) < 4.78 is 0. The van der Waals surface area contributed by atoms with Crippen LogP contribution in [0.25, 0.3) is 44.5 Å². The number of para-hydroxylation sites is 2. The third-order valence-corrected chi connectivity index (χ3v) is 13.3. The lowest BCUT2D eigenvalue weighted by Crippen LogP contribution is -2.22. The molecule has 0 saturated carbocycles. The van der Waals surface area contributed by atoms with Gasteiger partial charge in [-0.3, -0.25) is 0 Å². The van der Waals surface area contributed by atoms with Crippen molar-refractivity contribution in [3.8, 4) is 44.5 Å². The molecule has 9 aromatic carbocycles. The smallest absolute Gasteiger partial charge is 0.0540 e. The molecule has 0 bridgehead atoms. The van der Waals surface area contributed by atoms with E-state index in [9.17, 15) is 0 Å². The van der Waals surface area contributed by atoms with E-state index in [1.165, 1.54) is 77.9 Å². The number of hydrogen-bond acceptors (Lipinski definition) is 1. The maximum atomic E-state index is 2.45. The minimum absolute atomic E-state index is 0.240. The van der Waals surface area contributed by atoms with Crippen LogP contribution in [0.3, 0.4) is 0 Å². The summed E-state index contributed by atoms with van der Waals surface area (Å²) >= 11 is 0. The van der Waals surface area contributed by atoms with E-state index in [0.29, 0.717) is 0 Å². The Balaban J connectivity index is 1.01. The van der Waals surface area contributed by atoms with E-state index in [0.717, 1.165) is 17.1 Å². The average Bonchev–Trinajstić information content (AvgIpc) is 3.73. The zero-order valence-electron chi connectivity index (χ0n) is 33.3. The first-order valence-corrected chi connectivity index (χ1v) is 20.7. The Bertz CT molecular complexity index is 3000. The van der Waals surface area contributed by atoms with Crippen LogP contribution < -0.4 is 4.90 Å². The molecule has 1 heteroatoms. The fourth-order valence-electron chi connectivity index (χ4n) is 10.2. The lowest BCUT2D eigenvalue weighted by molar-refractivity contribution is 0.714. The van der Waals surface area contributed by atoms with Gasteiger partial charge in [0.1, 0.15) is 0 Å². The van der Waals surface area contributed by atoms with Crippen molar-refractivity contribution >= 4 is 17.1 Å². The molecule has 0 radical (unpaired) electrons. The molecule has 11 rings (SSSR count). The van der Waals surface area contributed by atoms with E-state index in [1.807, 2.05) is 0 Å². The first-order valence-electron chi connectivity index (χ1n) is 20.7. The molecule has 0 spiro atoms. The summed E-state index contributed by atoms with van der Waals surface area (Å²) in [5.41, 5.74) is 21.0. The van der Waals surface area contributed by atoms with E-state index < -0.39 is 0 Å². The SMILES string of the molecule is CC1(c2ccccc2)c2ccccc2-c2ccc(-c3ccc(N(c4ccccc4)c4ccccc4-c4ccc5c(c4)C(C)(c4ccccc4)c4ccccc4-5)cc3)cc21. The van der Waals surface area contributed by atoms with Gasteiger partial charge in [-0.15, -0.1) is 0 Å². The number of anilines is 3. The molecule has 0 N–H and O–H groups in total. The first kappa shape index (κ1) is 35.0. The van der Waals surface area contributed by atoms with Crippen molar-refractivity contribution in [2.24, 2.45) is 0 Å². The van der Waals surface area contributed by atoms with Crippen molar-refractivity contribution in [2.75, 3.05) is 4.90 Å². The molecule has 280 valence electrons. The largest absolute Gasteiger partial charge is 0.310 e. The van der Waals surface area contributed by atoms with Gasteiger partial charge in [-0.2, -0.15) is 0 Å². The highest BCUT2D eigenvalue weighted by molar-refractivity contribution is 5.92. The minimum atomic E-state index is -0.272. The predicted molar refractivity (Wildman–Crippen MR) is 247 cm³/mol. The van der Waals surface area contributed by atoms with Crippen molar-refractivity contribution in [1.29, 1.82) is 0 Å². The van der Waals surface area contributed by atoms with E-state index in [-0.39, 0.29) is 10.8 Å². The van der Waals surface area contributed by atoms with E-state index in [1.54, 1.807) is 0 Å². The summed E-state index contributed by atoms with van der Waals surface area (Å²) in [4.78, 5) is 2.41. The van der Waals surface area contributed by atoms with Gasteiger partial charge in [-0.25, -0.2) is 0 Å². The van der Waals surface area contributed by atoms with Crippen LogP contribution in [0, 0.1) is 0 Å². The van der Waals surface area contributed by atoms with Crippen LogP contribution in [0.5, 0.6) is 0 Å². The number of hydrogen-bond donors (Lipinski definition) is 0. The summed E-state index contributed by atoms with van der Waals surface area (Å²) in [5.74, 6) is 0. The van der Waals surface area contributed by atoms with Crippen LogP contribution >= 0.6 is 0 Å². The molecule has 2 aliphatic rings. The first-order chi connectivity index (χ1) is 29.0. The Kier molecular flexibility index (Phi) is 8.13. The fraction of sp³-hybridized carbons (Fsp3) is 0.0690.